The fraction of sp³-hybridized carbons (Fsp3) is 0.304. The van der Waals surface area contributed by atoms with Crippen molar-refractivity contribution >= 4 is 16.9 Å². The maximum Gasteiger partial charge on any atom is 0.352 e. The number of fused-ring (bicyclic) bond motifs is 3. The van der Waals surface area contributed by atoms with Gasteiger partial charge in [0.2, 0.25) is 6.10 Å². The Morgan fingerprint density at radius 2 is 1.86 bits per heavy atom. The van der Waals surface area contributed by atoms with Gasteiger partial charge in [-0.25, -0.2) is 9.59 Å². The average Bonchev–Trinajstić information content (AvgIpc) is 3.20. The van der Waals surface area contributed by atoms with E-state index in [1.54, 1.807) is 6.92 Å². The fourth-order valence-electron chi connectivity index (χ4n) is 3.82. The largest absolute Gasteiger partial charge is 0.474 e. The minimum atomic E-state index is -0.890. The molecule has 2 aromatic carbocycles. The second-order valence-electron chi connectivity index (χ2n) is 6.93. The zero-order chi connectivity index (χ0) is 19.7. The summed E-state index contributed by atoms with van der Waals surface area (Å²) in [4.78, 5) is 24.9. The second-order valence-corrected chi connectivity index (χ2v) is 6.93. The van der Waals surface area contributed by atoms with Crippen molar-refractivity contribution in [2.75, 3.05) is 6.61 Å². The van der Waals surface area contributed by atoms with E-state index in [0.717, 1.165) is 35.8 Å². The second kappa shape index (κ2) is 7.50. The first-order chi connectivity index (χ1) is 13.6. The summed E-state index contributed by atoms with van der Waals surface area (Å²) in [6.07, 6.45) is 1.73. The normalized spacial score (nSPS) is 13.9. The van der Waals surface area contributed by atoms with Gasteiger partial charge in [-0.3, -0.25) is 0 Å². The number of carbonyl (C=O) groups is 1. The summed E-state index contributed by atoms with van der Waals surface area (Å²) in [5.41, 5.74) is 3.52. The number of rotatable bonds is 5. The third kappa shape index (κ3) is 3.17. The lowest BCUT2D eigenvalue weighted by Crippen LogP contribution is -2.22. The highest BCUT2D eigenvalue weighted by molar-refractivity contribution is 5.86. The quantitative estimate of drug-likeness (QED) is 0.490. The molecular formula is C23H22O5. The minimum absolute atomic E-state index is 0.267. The topological polar surface area (TPSA) is 65.7 Å². The summed E-state index contributed by atoms with van der Waals surface area (Å²) in [5, 5.41) is 0.948. The summed E-state index contributed by atoms with van der Waals surface area (Å²) < 4.78 is 16.9. The Morgan fingerprint density at radius 3 is 2.61 bits per heavy atom. The van der Waals surface area contributed by atoms with Crippen molar-refractivity contribution in [2.45, 2.75) is 39.2 Å². The summed E-state index contributed by atoms with van der Waals surface area (Å²) in [7, 11) is 0. The molecule has 0 bridgehead atoms. The molecule has 0 unspecified atom stereocenters. The van der Waals surface area contributed by atoms with Crippen molar-refractivity contribution in [3.05, 3.63) is 75.1 Å². The Bertz CT molecular complexity index is 1080. The van der Waals surface area contributed by atoms with Gasteiger partial charge in [-0.2, -0.15) is 0 Å². The molecule has 0 spiro atoms. The van der Waals surface area contributed by atoms with Crippen LogP contribution in [0, 0.1) is 6.92 Å². The first kappa shape index (κ1) is 18.3. The molecule has 1 aliphatic rings. The van der Waals surface area contributed by atoms with Crippen LogP contribution in [0.3, 0.4) is 0 Å². The Balaban J connectivity index is 1.77. The highest BCUT2D eigenvalue weighted by Crippen LogP contribution is 2.35. The first-order valence-electron chi connectivity index (χ1n) is 9.56. The Morgan fingerprint density at radius 1 is 1.11 bits per heavy atom. The number of hydrogen-bond acceptors (Lipinski definition) is 5. The van der Waals surface area contributed by atoms with Crippen molar-refractivity contribution in [1.29, 1.82) is 0 Å². The van der Waals surface area contributed by atoms with E-state index in [0.29, 0.717) is 22.5 Å². The van der Waals surface area contributed by atoms with Gasteiger partial charge in [0.1, 0.15) is 11.3 Å². The number of benzene rings is 2. The van der Waals surface area contributed by atoms with Gasteiger partial charge in [-0.1, -0.05) is 30.3 Å². The highest BCUT2D eigenvalue weighted by Gasteiger charge is 2.26. The van der Waals surface area contributed by atoms with Gasteiger partial charge in [-0.15, -0.1) is 0 Å². The van der Waals surface area contributed by atoms with Crippen LogP contribution >= 0.6 is 0 Å². The molecule has 0 fully saturated rings. The molecular weight excluding hydrogens is 356 g/mol. The minimum Gasteiger partial charge on any atom is -0.474 e. The number of aryl methyl sites for hydroxylation is 2. The van der Waals surface area contributed by atoms with Gasteiger partial charge >= 0.3 is 11.6 Å². The van der Waals surface area contributed by atoms with E-state index >= 15 is 0 Å². The molecule has 0 N–H and O–H groups in total. The third-order valence-corrected chi connectivity index (χ3v) is 5.19. The molecule has 0 radical (unpaired) electrons. The van der Waals surface area contributed by atoms with E-state index in [1.807, 2.05) is 49.4 Å². The van der Waals surface area contributed by atoms with Crippen LogP contribution in [-0.2, 0) is 22.4 Å². The predicted octanol–water partition coefficient (Wildman–Crippen LogP) is 4.27. The summed E-state index contributed by atoms with van der Waals surface area (Å²) >= 11 is 0. The van der Waals surface area contributed by atoms with Gasteiger partial charge in [0.25, 0.3) is 0 Å². The molecule has 3 aromatic rings. The van der Waals surface area contributed by atoms with E-state index < -0.39 is 12.1 Å². The maximum absolute atomic E-state index is 12.5. The van der Waals surface area contributed by atoms with Crippen LogP contribution < -0.4 is 10.4 Å². The molecule has 1 atom stereocenters. The van der Waals surface area contributed by atoms with Crippen LogP contribution in [0.2, 0.25) is 0 Å². The number of esters is 1. The molecule has 1 aromatic heterocycles. The first-order valence-corrected chi connectivity index (χ1v) is 9.56. The SMILES string of the molecule is CCOC(=O)[C@@H](Oc1ccc2c3c(c(=O)oc2c1C)CCC3)c1ccccc1. The smallest absolute Gasteiger partial charge is 0.352 e. The predicted molar refractivity (Wildman–Crippen MR) is 106 cm³/mol. The van der Waals surface area contributed by atoms with Crippen LogP contribution in [-0.4, -0.2) is 12.6 Å². The molecule has 5 heteroatoms. The number of carbonyl (C=O) groups excluding carboxylic acids is 1. The van der Waals surface area contributed by atoms with Crippen molar-refractivity contribution in [3.63, 3.8) is 0 Å². The third-order valence-electron chi connectivity index (χ3n) is 5.19. The Labute approximate surface area is 162 Å². The molecule has 4 rings (SSSR count). The van der Waals surface area contributed by atoms with E-state index in [1.165, 1.54) is 0 Å². The highest BCUT2D eigenvalue weighted by atomic mass is 16.6. The zero-order valence-corrected chi connectivity index (χ0v) is 16.0. The van der Waals surface area contributed by atoms with Crippen LogP contribution in [0.15, 0.2) is 51.7 Å². The van der Waals surface area contributed by atoms with Gasteiger partial charge < -0.3 is 13.9 Å². The lowest BCUT2D eigenvalue weighted by atomic mass is 10.0. The fourth-order valence-corrected chi connectivity index (χ4v) is 3.82. The zero-order valence-electron chi connectivity index (χ0n) is 16.0. The molecule has 5 nitrogen and oxygen atoms in total. The number of hydrogen-bond donors (Lipinski definition) is 0. The summed E-state index contributed by atoms with van der Waals surface area (Å²) in [6.45, 7) is 3.87. The van der Waals surface area contributed by atoms with Crippen LogP contribution in [0.1, 0.15) is 41.7 Å². The van der Waals surface area contributed by atoms with Crippen molar-refractivity contribution in [3.8, 4) is 5.75 Å². The van der Waals surface area contributed by atoms with Gasteiger partial charge in [0, 0.05) is 22.1 Å². The summed E-state index contributed by atoms with van der Waals surface area (Å²) in [6, 6.07) is 13.0. The molecule has 0 amide bonds. The van der Waals surface area contributed by atoms with Gasteiger partial charge in [0.15, 0.2) is 0 Å². The monoisotopic (exact) mass is 378 g/mol. The molecule has 0 saturated heterocycles. The van der Waals surface area contributed by atoms with Gasteiger partial charge in [0.05, 0.1) is 6.61 Å². The van der Waals surface area contributed by atoms with E-state index in [4.69, 9.17) is 13.9 Å². The molecule has 0 aliphatic heterocycles. The van der Waals surface area contributed by atoms with Crippen LogP contribution in [0.5, 0.6) is 5.75 Å². The van der Waals surface area contributed by atoms with Crippen molar-refractivity contribution in [1.82, 2.24) is 0 Å². The lowest BCUT2D eigenvalue weighted by Gasteiger charge is -2.20. The Kier molecular flexibility index (Phi) is 4.90. The standard InChI is InChI=1S/C23H22O5/c1-3-26-23(25)21(15-8-5-4-6-9-15)27-19-13-12-17-16-10-7-11-18(16)22(24)28-20(17)14(19)2/h4-6,8-9,12-13,21H,3,7,10-11H2,1-2H3/t21-/m0/s1. The number of ether oxygens (including phenoxy) is 2. The Hall–Kier alpha value is -3.08. The van der Waals surface area contributed by atoms with E-state index in [-0.39, 0.29) is 12.2 Å². The lowest BCUT2D eigenvalue weighted by molar-refractivity contribution is -0.151. The molecule has 1 heterocycles. The maximum atomic E-state index is 12.5. The van der Waals surface area contributed by atoms with E-state index in [2.05, 4.69) is 0 Å². The molecule has 144 valence electrons. The molecule has 1 aliphatic carbocycles. The van der Waals surface area contributed by atoms with Gasteiger partial charge in [-0.05, 0) is 50.8 Å². The van der Waals surface area contributed by atoms with Crippen molar-refractivity contribution < 1.29 is 18.7 Å². The summed E-state index contributed by atoms with van der Waals surface area (Å²) in [5.74, 6) is 0.0408. The average molecular weight is 378 g/mol. The van der Waals surface area contributed by atoms with Crippen LogP contribution in [0.4, 0.5) is 0 Å². The van der Waals surface area contributed by atoms with Crippen LogP contribution in [0.25, 0.3) is 11.0 Å². The van der Waals surface area contributed by atoms with E-state index in [9.17, 15) is 9.59 Å². The molecule has 0 saturated carbocycles. The van der Waals surface area contributed by atoms with Crippen molar-refractivity contribution in [2.24, 2.45) is 0 Å². The molecule has 28 heavy (non-hydrogen) atoms.